The molecule has 3 heterocycles. The number of aromatic nitrogens is 4. The van der Waals surface area contributed by atoms with Crippen molar-refractivity contribution in [2.24, 2.45) is 5.92 Å². The molecule has 0 unspecified atom stereocenters. The standard InChI is InChI=1S/C32H39N7O/c1-23-36-32(27-14-16-34-30(19-27)35-22-24-13-15-33-21-24)37-39(23)18-17-38(28-10-3-4-11-28)31(40)20-26-9-6-8-25-7-2-5-12-29(25)26/h2,5-9,12,14,16,19,24,28,33H,3-4,10-11,13,15,17-18,20-22H2,1H3,(H,34,35)/t24-/m0/s1. The Balaban J connectivity index is 1.14. The summed E-state index contributed by atoms with van der Waals surface area (Å²) in [4.78, 5) is 25.1. The van der Waals surface area contributed by atoms with E-state index in [1.54, 1.807) is 0 Å². The van der Waals surface area contributed by atoms with E-state index in [-0.39, 0.29) is 5.91 Å². The van der Waals surface area contributed by atoms with Gasteiger partial charge in [-0.1, -0.05) is 55.3 Å². The molecule has 2 N–H and O–H groups in total. The summed E-state index contributed by atoms with van der Waals surface area (Å²) >= 11 is 0. The van der Waals surface area contributed by atoms with Crippen LogP contribution in [0.15, 0.2) is 60.8 Å². The summed E-state index contributed by atoms with van der Waals surface area (Å²) in [6.07, 6.45) is 7.95. The molecule has 6 rings (SSSR count). The lowest BCUT2D eigenvalue weighted by atomic mass is 10.0. The van der Waals surface area contributed by atoms with E-state index in [9.17, 15) is 4.79 Å². The summed E-state index contributed by atoms with van der Waals surface area (Å²) in [5.41, 5.74) is 2.04. The fourth-order valence-corrected chi connectivity index (χ4v) is 6.20. The zero-order chi connectivity index (χ0) is 27.3. The monoisotopic (exact) mass is 537 g/mol. The zero-order valence-electron chi connectivity index (χ0n) is 23.4. The van der Waals surface area contributed by atoms with Crippen molar-refractivity contribution in [3.63, 3.8) is 0 Å². The van der Waals surface area contributed by atoms with Gasteiger partial charge in [0.2, 0.25) is 5.91 Å². The molecule has 0 radical (unpaired) electrons. The normalized spacial score (nSPS) is 17.5. The number of hydrogen-bond acceptors (Lipinski definition) is 6. The van der Waals surface area contributed by atoms with Gasteiger partial charge in [0.05, 0.1) is 13.0 Å². The number of nitrogens with zero attached hydrogens (tertiary/aromatic N) is 5. The number of carbonyl (C=O) groups excluding carboxylic acids is 1. The van der Waals surface area contributed by atoms with Crippen molar-refractivity contribution in [2.75, 3.05) is 31.5 Å². The van der Waals surface area contributed by atoms with E-state index in [0.29, 0.717) is 37.3 Å². The van der Waals surface area contributed by atoms with Crippen LogP contribution in [0, 0.1) is 12.8 Å². The maximum Gasteiger partial charge on any atom is 0.227 e. The van der Waals surface area contributed by atoms with E-state index in [1.807, 2.05) is 42.1 Å². The number of anilines is 1. The number of carbonyl (C=O) groups is 1. The van der Waals surface area contributed by atoms with E-state index in [0.717, 1.165) is 60.6 Å². The minimum atomic E-state index is 0.198. The predicted molar refractivity (Wildman–Crippen MR) is 159 cm³/mol. The molecule has 2 aromatic carbocycles. The van der Waals surface area contributed by atoms with Crippen LogP contribution in [-0.2, 0) is 17.8 Å². The quantitative estimate of drug-likeness (QED) is 0.301. The van der Waals surface area contributed by atoms with E-state index >= 15 is 0 Å². The summed E-state index contributed by atoms with van der Waals surface area (Å²) in [7, 11) is 0. The summed E-state index contributed by atoms with van der Waals surface area (Å²) in [5, 5.41) is 14.1. The van der Waals surface area contributed by atoms with Crippen molar-refractivity contribution in [3.05, 3.63) is 72.2 Å². The van der Waals surface area contributed by atoms with Gasteiger partial charge in [-0.05, 0) is 73.7 Å². The zero-order valence-corrected chi connectivity index (χ0v) is 23.4. The number of aryl methyl sites for hydroxylation is 1. The van der Waals surface area contributed by atoms with Crippen LogP contribution in [-0.4, -0.2) is 62.8 Å². The molecule has 0 spiro atoms. The van der Waals surface area contributed by atoms with Crippen LogP contribution >= 0.6 is 0 Å². The fraction of sp³-hybridized carbons (Fsp3) is 0.438. The van der Waals surface area contributed by atoms with Crippen molar-refractivity contribution in [3.8, 4) is 11.4 Å². The number of rotatable bonds is 10. The first kappa shape index (κ1) is 26.4. The van der Waals surface area contributed by atoms with Gasteiger partial charge in [0.25, 0.3) is 0 Å². The summed E-state index contributed by atoms with van der Waals surface area (Å²) in [6.45, 7) is 6.31. The van der Waals surface area contributed by atoms with Crippen LogP contribution in [0.4, 0.5) is 5.82 Å². The highest BCUT2D eigenvalue weighted by atomic mass is 16.2. The van der Waals surface area contributed by atoms with Gasteiger partial charge in [0.1, 0.15) is 11.6 Å². The van der Waals surface area contributed by atoms with Crippen molar-refractivity contribution in [2.45, 2.75) is 58.0 Å². The molecular formula is C32H39N7O. The first-order valence-electron chi connectivity index (χ1n) is 14.7. The highest BCUT2D eigenvalue weighted by molar-refractivity contribution is 5.90. The molecule has 1 amide bonds. The minimum Gasteiger partial charge on any atom is -0.370 e. The van der Waals surface area contributed by atoms with Gasteiger partial charge in [-0.15, -0.1) is 0 Å². The first-order chi connectivity index (χ1) is 19.6. The maximum atomic E-state index is 13.7. The molecule has 0 bridgehead atoms. The Kier molecular flexibility index (Phi) is 8.04. The SMILES string of the molecule is Cc1nc(-c2ccnc(NC[C@H]3CCNC3)c2)nn1CCN(C(=O)Cc1cccc2ccccc12)C1CCCC1. The number of hydrogen-bond donors (Lipinski definition) is 2. The van der Waals surface area contributed by atoms with Crippen LogP contribution in [0.3, 0.4) is 0 Å². The third-order valence-corrected chi connectivity index (χ3v) is 8.47. The van der Waals surface area contributed by atoms with Crippen molar-refractivity contribution >= 4 is 22.5 Å². The van der Waals surface area contributed by atoms with Crippen LogP contribution in [0.2, 0.25) is 0 Å². The Morgan fingerprint density at radius 1 is 1.10 bits per heavy atom. The molecule has 2 aromatic heterocycles. The first-order valence-corrected chi connectivity index (χ1v) is 14.7. The predicted octanol–water partition coefficient (Wildman–Crippen LogP) is 4.84. The van der Waals surface area contributed by atoms with E-state index < -0.39 is 0 Å². The molecule has 1 saturated heterocycles. The van der Waals surface area contributed by atoms with Gasteiger partial charge in [-0.2, -0.15) is 5.10 Å². The Hall–Kier alpha value is -3.78. The van der Waals surface area contributed by atoms with Crippen molar-refractivity contribution in [1.29, 1.82) is 0 Å². The van der Waals surface area contributed by atoms with Crippen molar-refractivity contribution < 1.29 is 4.79 Å². The molecular weight excluding hydrogens is 498 g/mol. The number of benzene rings is 2. The van der Waals surface area contributed by atoms with Crippen LogP contribution in [0.1, 0.15) is 43.5 Å². The third-order valence-electron chi connectivity index (χ3n) is 8.47. The summed E-state index contributed by atoms with van der Waals surface area (Å²) in [5.74, 6) is 3.23. The molecule has 1 aliphatic carbocycles. The molecule has 8 heteroatoms. The van der Waals surface area contributed by atoms with Crippen LogP contribution in [0.25, 0.3) is 22.2 Å². The van der Waals surface area contributed by atoms with Gasteiger partial charge in [0.15, 0.2) is 5.82 Å². The number of pyridine rings is 1. The number of nitrogens with one attached hydrogen (secondary N) is 2. The Morgan fingerprint density at radius 3 is 2.80 bits per heavy atom. The molecule has 1 aliphatic heterocycles. The van der Waals surface area contributed by atoms with E-state index in [1.165, 1.54) is 24.6 Å². The Morgan fingerprint density at radius 2 is 1.95 bits per heavy atom. The Bertz CT molecular complexity index is 1450. The molecule has 2 fully saturated rings. The van der Waals surface area contributed by atoms with Gasteiger partial charge in [-0.25, -0.2) is 14.6 Å². The van der Waals surface area contributed by atoms with Gasteiger partial charge < -0.3 is 15.5 Å². The maximum absolute atomic E-state index is 13.7. The lowest BCUT2D eigenvalue weighted by Crippen LogP contribution is -2.42. The molecule has 2 aliphatic rings. The van der Waals surface area contributed by atoms with Gasteiger partial charge >= 0.3 is 0 Å². The fourth-order valence-electron chi connectivity index (χ4n) is 6.20. The second-order valence-electron chi connectivity index (χ2n) is 11.2. The largest absolute Gasteiger partial charge is 0.370 e. The third kappa shape index (κ3) is 6.02. The molecule has 208 valence electrons. The van der Waals surface area contributed by atoms with Crippen molar-refractivity contribution in [1.82, 2.24) is 30.0 Å². The Labute approximate surface area is 236 Å². The van der Waals surface area contributed by atoms with Crippen LogP contribution < -0.4 is 10.6 Å². The van der Waals surface area contributed by atoms with Crippen LogP contribution in [0.5, 0.6) is 0 Å². The molecule has 1 saturated carbocycles. The molecule has 1 atom stereocenters. The second-order valence-corrected chi connectivity index (χ2v) is 11.2. The number of amides is 1. The highest BCUT2D eigenvalue weighted by Crippen LogP contribution is 2.26. The average molecular weight is 538 g/mol. The highest BCUT2D eigenvalue weighted by Gasteiger charge is 2.27. The molecule has 40 heavy (non-hydrogen) atoms. The van der Waals surface area contributed by atoms with Gasteiger partial charge in [-0.3, -0.25) is 4.79 Å². The molecule has 4 aromatic rings. The lowest BCUT2D eigenvalue weighted by Gasteiger charge is -2.29. The summed E-state index contributed by atoms with van der Waals surface area (Å²) in [6, 6.07) is 18.9. The topological polar surface area (TPSA) is 88.0 Å². The van der Waals surface area contributed by atoms with E-state index in [4.69, 9.17) is 10.1 Å². The number of fused-ring (bicyclic) bond motifs is 1. The second kappa shape index (κ2) is 12.2. The molecule has 8 nitrogen and oxygen atoms in total. The van der Waals surface area contributed by atoms with Gasteiger partial charge in [0, 0.05) is 30.9 Å². The minimum absolute atomic E-state index is 0.198. The lowest BCUT2D eigenvalue weighted by molar-refractivity contribution is -0.132. The smallest absolute Gasteiger partial charge is 0.227 e. The van der Waals surface area contributed by atoms with E-state index in [2.05, 4.69) is 50.8 Å². The summed E-state index contributed by atoms with van der Waals surface area (Å²) < 4.78 is 1.94. The average Bonchev–Trinajstić information content (AvgIpc) is 3.76.